The maximum Gasteiger partial charge on any atom is 0.344 e. The van der Waals surface area contributed by atoms with Crippen LogP contribution in [0.15, 0.2) is 48.5 Å². The molecule has 6 heteroatoms. The molecule has 0 aliphatic carbocycles. The number of carbonyl (C=O) groups is 2. The van der Waals surface area contributed by atoms with Crippen molar-refractivity contribution in [2.24, 2.45) is 0 Å². The molecule has 2 aromatic rings. The van der Waals surface area contributed by atoms with Gasteiger partial charge in [0.2, 0.25) is 0 Å². The monoisotopic (exact) mass is 324 g/mol. The van der Waals surface area contributed by atoms with Crippen molar-refractivity contribution < 1.29 is 19.1 Å². The summed E-state index contributed by atoms with van der Waals surface area (Å²) in [5.74, 6) is -0.313. The van der Waals surface area contributed by atoms with Crippen molar-refractivity contribution in [2.75, 3.05) is 18.5 Å². The number of rotatable bonds is 6. The second kappa shape index (κ2) is 8.34. The third-order valence-electron chi connectivity index (χ3n) is 3.03. The summed E-state index contributed by atoms with van der Waals surface area (Å²) in [5.41, 5.74) is 1.46. The highest BCUT2D eigenvalue weighted by atomic mass is 16.6. The summed E-state index contributed by atoms with van der Waals surface area (Å²) >= 11 is 0. The predicted molar refractivity (Wildman–Crippen MR) is 87.7 cm³/mol. The molecule has 122 valence electrons. The van der Waals surface area contributed by atoms with E-state index in [9.17, 15) is 9.59 Å². The van der Waals surface area contributed by atoms with Crippen molar-refractivity contribution in [3.8, 4) is 11.8 Å². The molecule has 0 spiro atoms. The van der Waals surface area contributed by atoms with E-state index >= 15 is 0 Å². The molecular formula is C18H16N2O4. The van der Waals surface area contributed by atoms with E-state index in [1.807, 2.05) is 6.07 Å². The molecule has 6 nitrogen and oxygen atoms in total. The number of nitrogens with one attached hydrogen (secondary N) is 1. The van der Waals surface area contributed by atoms with Crippen molar-refractivity contribution in [3.05, 3.63) is 59.7 Å². The molecule has 0 aliphatic heterocycles. The number of amides is 1. The number of esters is 1. The molecule has 0 aromatic heterocycles. The number of hydrogen-bond donors (Lipinski definition) is 1. The Balaban J connectivity index is 1.99. The summed E-state index contributed by atoms with van der Waals surface area (Å²) in [5, 5.41) is 11.5. The number of anilines is 1. The van der Waals surface area contributed by atoms with Crippen LogP contribution in [0.1, 0.15) is 22.8 Å². The molecule has 2 rings (SSSR count). The van der Waals surface area contributed by atoms with Gasteiger partial charge in [0.1, 0.15) is 5.75 Å². The Bertz CT molecular complexity index is 763. The largest absolute Gasteiger partial charge is 0.482 e. The van der Waals surface area contributed by atoms with Crippen LogP contribution in [-0.4, -0.2) is 25.1 Å². The number of hydrogen-bond acceptors (Lipinski definition) is 5. The predicted octanol–water partition coefficient (Wildman–Crippen LogP) is 2.75. The Hall–Kier alpha value is -3.33. The quantitative estimate of drug-likeness (QED) is 0.825. The van der Waals surface area contributed by atoms with Gasteiger partial charge >= 0.3 is 5.97 Å². The first-order valence-electron chi connectivity index (χ1n) is 7.32. The van der Waals surface area contributed by atoms with Gasteiger partial charge in [-0.1, -0.05) is 6.07 Å². The molecule has 1 amide bonds. The zero-order valence-corrected chi connectivity index (χ0v) is 13.1. The SMILES string of the molecule is CCOC(=O)COc1cccc(NC(=O)c2ccc(C#N)cc2)c1. The third-order valence-corrected chi connectivity index (χ3v) is 3.03. The normalized spacial score (nSPS) is 9.67. The summed E-state index contributed by atoms with van der Waals surface area (Å²) in [6, 6.07) is 15.0. The summed E-state index contributed by atoms with van der Waals surface area (Å²) in [6.07, 6.45) is 0. The second-order valence-corrected chi connectivity index (χ2v) is 4.76. The highest BCUT2D eigenvalue weighted by Gasteiger charge is 2.08. The van der Waals surface area contributed by atoms with Gasteiger partial charge in [-0.2, -0.15) is 5.26 Å². The van der Waals surface area contributed by atoms with Gasteiger partial charge in [0, 0.05) is 17.3 Å². The Morgan fingerprint density at radius 2 is 1.92 bits per heavy atom. The van der Waals surface area contributed by atoms with E-state index in [0.717, 1.165) is 0 Å². The highest BCUT2D eigenvalue weighted by Crippen LogP contribution is 2.18. The van der Waals surface area contributed by atoms with Gasteiger partial charge in [0.15, 0.2) is 6.61 Å². The van der Waals surface area contributed by atoms with E-state index in [0.29, 0.717) is 29.2 Å². The smallest absolute Gasteiger partial charge is 0.344 e. The van der Waals surface area contributed by atoms with E-state index in [1.54, 1.807) is 55.5 Å². The van der Waals surface area contributed by atoms with Crippen LogP contribution in [0.3, 0.4) is 0 Å². The van der Waals surface area contributed by atoms with Gasteiger partial charge in [-0.25, -0.2) is 4.79 Å². The van der Waals surface area contributed by atoms with Gasteiger partial charge in [-0.15, -0.1) is 0 Å². The maximum atomic E-state index is 12.2. The zero-order valence-electron chi connectivity index (χ0n) is 13.1. The summed E-state index contributed by atoms with van der Waals surface area (Å²) < 4.78 is 10.1. The molecule has 0 fully saturated rings. The van der Waals surface area contributed by atoms with E-state index in [4.69, 9.17) is 14.7 Å². The molecular weight excluding hydrogens is 308 g/mol. The molecule has 0 heterocycles. The molecule has 2 aromatic carbocycles. The van der Waals surface area contributed by atoms with Crippen LogP contribution in [-0.2, 0) is 9.53 Å². The lowest BCUT2D eigenvalue weighted by Crippen LogP contribution is -2.15. The van der Waals surface area contributed by atoms with Crippen molar-refractivity contribution in [1.82, 2.24) is 0 Å². The zero-order chi connectivity index (χ0) is 17.4. The fourth-order valence-electron chi connectivity index (χ4n) is 1.91. The number of ether oxygens (including phenoxy) is 2. The topological polar surface area (TPSA) is 88.4 Å². The van der Waals surface area contributed by atoms with Crippen molar-refractivity contribution in [2.45, 2.75) is 6.92 Å². The van der Waals surface area contributed by atoms with Crippen LogP contribution in [0.4, 0.5) is 5.69 Å². The Morgan fingerprint density at radius 1 is 1.17 bits per heavy atom. The number of benzene rings is 2. The van der Waals surface area contributed by atoms with Gasteiger partial charge in [-0.05, 0) is 43.3 Å². The molecule has 0 saturated heterocycles. The van der Waals surface area contributed by atoms with Crippen LogP contribution in [0, 0.1) is 11.3 Å². The molecule has 0 aliphatic rings. The number of nitriles is 1. The van der Waals surface area contributed by atoms with Crippen molar-refractivity contribution in [1.29, 1.82) is 5.26 Å². The van der Waals surface area contributed by atoms with Crippen LogP contribution in [0.25, 0.3) is 0 Å². The molecule has 0 radical (unpaired) electrons. The maximum absolute atomic E-state index is 12.2. The van der Waals surface area contributed by atoms with Crippen molar-refractivity contribution in [3.63, 3.8) is 0 Å². The molecule has 0 saturated carbocycles. The first-order valence-corrected chi connectivity index (χ1v) is 7.32. The first kappa shape index (κ1) is 17.0. The minimum absolute atomic E-state index is 0.194. The van der Waals surface area contributed by atoms with Gasteiger partial charge in [0.05, 0.1) is 18.2 Å². The molecule has 0 atom stereocenters. The van der Waals surface area contributed by atoms with Crippen LogP contribution >= 0.6 is 0 Å². The third kappa shape index (κ3) is 4.85. The second-order valence-electron chi connectivity index (χ2n) is 4.76. The lowest BCUT2D eigenvalue weighted by Gasteiger charge is -2.09. The van der Waals surface area contributed by atoms with Crippen LogP contribution in [0.2, 0.25) is 0 Å². The van der Waals surface area contributed by atoms with E-state index in [1.165, 1.54) is 0 Å². The Kier molecular flexibility index (Phi) is 5.92. The molecule has 0 bridgehead atoms. The number of carbonyl (C=O) groups excluding carboxylic acids is 2. The molecule has 0 unspecified atom stereocenters. The highest BCUT2D eigenvalue weighted by molar-refractivity contribution is 6.04. The van der Waals surface area contributed by atoms with Gasteiger partial charge in [0.25, 0.3) is 5.91 Å². The van der Waals surface area contributed by atoms with E-state index in [2.05, 4.69) is 5.32 Å². The molecule has 24 heavy (non-hydrogen) atoms. The lowest BCUT2D eigenvalue weighted by atomic mass is 10.1. The Morgan fingerprint density at radius 3 is 2.58 bits per heavy atom. The Labute approximate surface area is 139 Å². The first-order chi connectivity index (χ1) is 11.6. The fraction of sp³-hybridized carbons (Fsp3) is 0.167. The van der Waals surface area contributed by atoms with Gasteiger partial charge < -0.3 is 14.8 Å². The van der Waals surface area contributed by atoms with E-state index in [-0.39, 0.29) is 12.5 Å². The summed E-state index contributed by atoms with van der Waals surface area (Å²) in [4.78, 5) is 23.4. The summed E-state index contributed by atoms with van der Waals surface area (Å²) in [7, 11) is 0. The minimum Gasteiger partial charge on any atom is -0.482 e. The summed E-state index contributed by atoms with van der Waals surface area (Å²) in [6.45, 7) is 1.82. The van der Waals surface area contributed by atoms with Crippen molar-refractivity contribution >= 4 is 17.6 Å². The van der Waals surface area contributed by atoms with Gasteiger partial charge in [-0.3, -0.25) is 4.79 Å². The fourth-order valence-corrected chi connectivity index (χ4v) is 1.91. The van der Waals surface area contributed by atoms with Crippen LogP contribution in [0.5, 0.6) is 5.75 Å². The number of nitrogens with zero attached hydrogens (tertiary/aromatic N) is 1. The average Bonchev–Trinajstić information content (AvgIpc) is 2.60. The average molecular weight is 324 g/mol. The van der Waals surface area contributed by atoms with Crippen LogP contribution < -0.4 is 10.1 Å². The van der Waals surface area contributed by atoms with E-state index < -0.39 is 5.97 Å². The minimum atomic E-state index is -0.454. The standard InChI is InChI=1S/C18H16N2O4/c1-2-23-17(21)12-24-16-5-3-4-15(10-16)20-18(22)14-8-6-13(11-19)7-9-14/h3-10H,2,12H2,1H3,(H,20,22). The lowest BCUT2D eigenvalue weighted by molar-refractivity contribution is -0.145. The molecule has 1 N–H and O–H groups in total.